The summed E-state index contributed by atoms with van der Waals surface area (Å²) in [4.78, 5) is 6.88. The monoisotopic (exact) mass is 263 g/mol. The molecule has 0 unspecified atom stereocenters. The average Bonchev–Trinajstić information content (AvgIpc) is 2.94. The molecule has 1 aromatic carbocycles. The first-order valence-electron chi connectivity index (χ1n) is 7.08. The molecule has 3 nitrogen and oxygen atoms in total. The molecule has 1 aliphatic rings. The molecule has 1 aliphatic heterocycles. The molecule has 0 spiro atoms. The van der Waals surface area contributed by atoms with Crippen molar-refractivity contribution in [2.45, 2.75) is 26.2 Å². The third-order valence-electron chi connectivity index (χ3n) is 3.34. The first kappa shape index (κ1) is 13.8. The van der Waals surface area contributed by atoms with Crippen molar-refractivity contribution in [3.05, 3.63) is 35.6 Å². The van der Waals surface area contributed by atoms with Crippen LogP contribution in [0, 0.1) is 5.82 Å². The second-order valence-corrected chi connectivity index (χ2v) is 4.77. The number of halogens is 1. The maximum absolute atomic E-state index is 13.5. The zero-order valence-corrected chi connectivity index (χ0v) is 11.5. The van der Waals surface area contributed by atoms with Gasteiger partial charge < -0.3 is 10.2 Å². The van der Waals surface area contributed by atoms with E-state index in [1.165, 1.54) is 18.9 Å². The zero-order valence-electron chi connectivity index (χ0n) is 11.5. The quantitative estimate of drug-likeness (QED) is 0.667. The van der Waals surface area contributed by atoms with Crippen LogP contribution in [0.15, 0.2) is 29.3 Å². The van der Waals surface area contributed by atoms with E-state index in [-0.39, 0.29) is 5.82 Å². The lowest BCUT2D eigenvalue weighted by atomic mass is 10.1. The summed E-state index contributed by atoms with van der Waals surface area (Å²) < 4.78 is 13.5. The van der Waals surface area contributed by atoms with E-state index in [1.54, 1.807) is 6.07 Å². The van der Waals surface area contributed by atoms with Crippen molar-refractivity contribution in [2.75, 3.05) is 26.2 Å². The van der Waals surface area contributed by atoms with Gasteiger partial charge in [0, 0.05) is 26.2 Å². The van der Waals surface area contributed by atoms with Crippen LogP contribution in [-0.2, 0) is 6.42 Å². The van der Waals surface area contributed by atoms with Gasteiger partial charge in [-0.05, 0) is 37.8 Å². The highest BCUT2D eigenvalue weighted by molar-refractivity contribution is 5.80. The van der Waals surface area contributed by atoms with Crippen molar-refractivity contribution in [3.8, 4) is 0 Å². The van der Waals surface area contributed by atoms with Crippen molar-refractivity contribution in [1.29, 1.82) is 0 Å². The fourth-order valence-corrected chi connectivity index (χ4v) is 2.34. The number of aliphatic imine (C=N–C) groups is 1. The van der Waals surface area contributed by atoms with E-state index in [0.29, 0.717) is 13.0 Å². The Balaban J connectivity index is 1.93. The lowest BCUT2D eigenvalue weighted by Gasteiger charge is -2.20. The van der Waals surface area contributed by atoms with Gasteiger partial charge in [-0.3, -0.25) is 4.99 Å². The normalized spacial score (nSPS) is 15.9. The van der Waals surface area contributed by atoms with E-state index in [2.05, 4.69) is 22.1 Å². The minimum absolute atomic E-state index is 0.135. The molecule has 1 heterocycles. The summed E-state index contributed by atoms with van der Waals surface area (Å²) in [5.74, 6) is 0.834. The third-order valence-corrected chi connectivity index (χ3v) is 3.34. The van der Waals surface area contributed by atoms with Crippen molar-refractivity contribution < 1.29 is 4.39 Å². The zero-order chi connectivity index (χ0) is 13.5. The van der Waals surface area contributed by atoms with Crippen LogP contribution < -0.4 is 5.32 Å². The SMILES string of the molecule is CCNC(=NCCc1ccccc1F)N1CCCC1. The van der Waals surface area contributed by atoms with E-state index in [1.807, 2.05) is 12.1 Å². The molecular formula is C15H22FN3. The molecule has 0 aromatic heterocycles. The summed E-state index contributed by atoms with van der Waals surface area (Å²) >= 11 is 0. The molecule has 0 saturated carbocycles. The molecule has 104 valence electrons. The summed E-state index contributed by atoms with van der Waals surface area (Å²) in [6.45, 7) is 5.72. The van der Waals surface area contributed by atoms with Gasteiger partial charge in [0.1, 0.15) is 5.82 Å². The minimum atomic E-state index is -0.135. The van der Waals surface area contributed by atoms with Crippen LogP contribution in [0.1, 0.15) is 25.3 Å². The summed E-state index contributed by atoms with van der Waals surface area (Å²) in [6, 6.07) is 6.92. The van der Waals surface area contributed by atoms with Gasteiger partial charge in [-0.2, -0.15) is 0 Å². The highest BCUT2D eigenvalue weighted by Crippen LogP contribution is 2.09. The molecule has 4 heteroatoms. The summed E-state index contributed by atoms with van der Waals surface area (Å²) in [5.41, 5.74) is 0.739. The van der Waals surface area contributed by atoms with E-state index >= 15 is 0 Å². The van der Waals surface area contributed by atoms with Gasteiger partial charge in [0.05, 0.1) is 0 Å². The van der Waals surface area contributed by atoms with E-state index in [9.17, 15) is 4.39 Å². The first-order chi connectivity index (χ1) is 9.31. The molecule has 1 aromatic rings. The molecule has 19 heavy (non-hydrogen) atoms. The lowest BCUT2D eigenvalue weighted by Crippen LogP contribution is -2.39. The Morgan fingerprint density at radius 1 is 1.32 bits per heavy atom. The van der Waals surface area contributed by atoms with E-state index in [4.69, 9.17) is 0 Å². The Labute approximate surface area is 114 Å². The number of guanidine groups is 1. The molecule has 1 saturated heterocycles. The fraction of sp³-hybridized carbons (Fsp3) is 0.533. The molecular weight excluding hydrogens is 241 g/mol. The third kappa shape index (κ3) is 3.94. The predicted octanol–water partition coefficient (Wildman–Crippen LogP) is 2.43. The molecule has 0 bridgehead atoms. The predicted molar refractivity (Wildman–Crippen MR) is 76.9 cm³/mol. The summed E-state index contributed by atoms with van der Waals surface area (Å²) in [6.07, 6.45) is 3.12. The highest BCUT2D eigenvalue weighted by atomic mass is 19.1. The number of nitrogens with one attached hydrogen (secondary N) is 1. The number of benzene rings is 1. The van der Waals surface area contributed by atoms with Crippen molar-refractivity contribution in [1.82, 2.24) is 10.2 Å². The smallest absolute Gasteiger partial charge is 0.193 e. The van der Waals surface area contributed by atoms with Gasteiger partial charge in [0.25, 0.3) is 0 Å². The van der Waals surface area contributed by atoms with Gasteiger partial charge in [0.2, 0.25) is 0 Å². The first-order valence-corrected chi connectivity index (χ1v) is 7.08. The van der Waals surface area contributed by atoms with Gasteiger partial charge >= 0.3 is 0 Å². The summed E-state index contributed by atoms with van der Waals surface area (Å²) in [5, 5.41) is 3.31. The second kappa shape index (κ2) is 7.12. The highest BCUT2D eigenvalue weighted by Gasteiger charge is 2.15. The topological polar surface area (TPSA) is 27.6 Å². The standard InChI is InChI=1S/C15H22FN3/c1-2-17-15(19-11-5-6-12-19)18-10-9-13-7-3-4-8-14(13)16/h3-4,7-8H,2,5-6,9-12H2,1H3,(H,17,18). The van der Waals surface area contributed by atoms with Crippen LogP contribution in [0.5, 0.6) is 0 Å². The molecule has 1 fully saturated rings. The molecule has 2 rings (SSSR count). The van der Waals surface area contributed by atoms with Crippen LogP contribution in [0.3, 0.4) is 0 Å². The van der Waals surface area contributed by atoms with Crippen molar-refractivity contribution in [2.24, 2.45) is 4.99 Å². The Morgan fingerprint density at radius 2 is 2.05 bits per heavy atom. The number of hydrogen-bond acceptors (Lipinski definition) is 1. The largest absolute Gasteiger partial charge is 0.357 e. The molecule has 1 N–H and O–H groups in total. The maximum Gasteiger partial charge on any atom is 0.193 e. The summed E-state index contributed by atoms with van der Waals surface area (Å²) in [7, 11) is 0. The van der Waals surface area contributed by atoms with E-state index < -0.39 is 0 Å². The Morgan fingerprint density at radius 3 is 2.74 bits per heavy atom. The van der Waals surface area contributed by atoms with Gasteiger partial charge in [0.15, 0.2) is 5.96 Å². The Bertz CT molecular complexity index is 425. The molecule has 0 aliphatic carbocycles. The van der Waals surface area contributed by atoms with Crippen LogP contribution >= 0.6 is 0 Å². The lowest BCUT2D eigenvalue weighted by molar-refractivity contribution is 0.493. The molecule has 0 atom stereocenters. The molecule has 0 radical (unpaired) electrons. The fourth-order valence-electron chi connectivity index (χ4n) is 2.34. The van der Waals surface area contributed by atoms with Crippen LogP contribution in [0.4, 0.5) is 4.39 Å². The average molecular weight is 263 g/mol. The minimum Gasteiger partial charge on any atom is -0.357 e. The van der Waals surface area contributed by atoms with Crippen LogP contribution in [-0.4, -0.2) is 37.0 Å². The van der Waals surface area contributed by atoms with Crippen LogP contribution in [0.25, 0.3) is 0 Å². The second-order valence-electron chi connectivity index (χ2n) is 4.77. The van der Waals surface area contributed by atoms with Crippen molar-refractivity contribution >= 4 is 5.96 Å². The molecule has 0 amide bonds. The van der Waals surface area contributed by atoms with Gasteiger partial charge in [-0.1, -0.05) is 18.2 Å². The number of nitrogens with zero attached hydrogens (tertiary/aromatic N) is 2. The number of likely N-dealkylation sites (tertiary alicyclic amines) is 1. The Kier molecular flexibility index (Phi) is 5.19. The van der Waals surface area contributed by atoms with Gasteiger partial charge in [-0.15, -0.1) is 0 Å². The Hall–Kier alpha value is -1.58. The number of rotatable bonds is 4. The number of hydrogen-bond donors (Lipinski definition) is 1. The maximum atomic E-state index is 13.5. The van der Waals surface area contributed by atoms with Crippen molar-refractivity contribution in [3.63, 3.8) is 0 Å². The van der Waals surface area contributed by atoms with E-state index in [0.717, 1.165) is 31.2 Å². The van der Waals surface area contributed by atoms with Gasteiger partial charge in [-0.25, -0.2) is 4.39 Å². The van der Waals surface area contributed by atoms with Crippen LogP contribution in [0.2, 0.25) is 0 Å².